The fourth-order valence-electron chi connectivity index (χ4n) is 4.55. The molecule has 0 amide bonds. The molecule has 0 atom stereocenters. The molecule has 0 unspecified atom stereocenters. The fourth-order valence-corrected chi connectivity index (χ4v) is 4.55. The third-order valence-electron chi connectivity index (χ3n) is 6.29. The van der Waals surface area contributed by atoms with Gasteiger partial charge in [0.2, 0.25) is 0 Å². The Bertz CT molecular complexity index is 1180. The predicted octanol–water partition coefficient (Wildman–Crippen LogP) is 4.99. The Kier molecular flexibility index (Phi) is 5.73. The molecule has 1 saturated heterocycles. The summed E-state index contributed by atoms with van der Waals surface area (Å²) in [6.45, 7) is 2.82. The number of methoxy groups -OCH3 is 1. The van der Waals surface area contributed by atoms with Crippen molar-refractivity contribution in [3.63, 3.8) is 0 Å². The van der Waals surface area contributed by atoms with E-state index in [1.54, 1.807) is 19.2 Å². The van der Waals surface area contributed by atoms with E-state index in [9.17, 15) is 4.39 Å². The second-order valence-corrected chi connectivity index (χ2v) is 8.26. The van der Waals surface area contributed by atoms with E-state index >= 15 is 0 Å². The third kappa shape index (κ3) is 4.16. The van der Waals surface area contributed by atoms with Gasteiger partial charge >= 0.3 is 0 Å². The maximum absolute atomic E-state index is 13.7. The molecule has 6 nitrogen and oxygen atoms in total. The van der Waals surface area contributed by atoms with Crippen molar-refractivity contribution in [2.24, 2.45) is 0 Å². The number of likely N-dealkylation sites (tertiary alicyclic amines) is 1. The van der Waals surface area contributed by atoms with Gasteiger partial charge in [0.25, 0.3) is 0 Å². The summed E-state index contributed by atoms with van der Waals surface area (Å²) < 4.78 is 19.0. The maximum atomic E-state index is 13.7. The Balaban J connectivity index is 1.25. The molecule has 5 rings (SSSR count). The highest BCUT2D eigenvalue weighted by molar-refractivity contribution is 5.66. The number of piperidine rings is 1. The molecule has 0 radical (unpaired) electrons. The first-order chi connectivity index (χ1) is 15.7. The van der Waals surface area contributed by atoms with E-state index in [1.807, 2.05) is 42.7 Å². The minimum absolute atomic E-state index is 0.225. The first-order valence-corrected chi connectivity index (χ1v) is 10.9. The highest BCUT2D eigenvalue weighted by atomic mass is 19.1. The van der Waals surface area contributed by atoms with Gasteiger partial charge in [-0.25, -0.2) is 4.39 Å². The minimum Gasteiger partial charge on any atom is -0.497 e. The molecule has 32 heavy (non-hydrogen) atoms. The number of nitrogens with zero attached hydrogens (tertiary/aromatic N) is 3. The summed E-state index contributed by atoms with van der Waals surface area (Å²) in [5, 5.41) is 14.9. The number of H-pyrrole nitrogens is 2. The average Bonchev–Trinajstić information content (AvgIpc) is 3.50. The zero-order valence-electron chi connectivity index (χ0n) is 18.0. The third-order valence-corrected chi connectivity index (χ3v) is 6.29. The SMILES string of the molecule is COc1ccc(-c2[nH]ncc2CN2CCC(c3[nH]ncc3-c3cccc(F)c3)CC2)cc1. The number of rotatable bonds is 6. The Labute approximate surface area is 186 Å². The second kappa shape index (κ2) is 8.96. The summed E-state index contributed by atoms with van der Waals surface area (Å²) in [7, 11) is 1.67. The molecule has 2 N–H and O–H groups in total. The van der Waals surface area contributed by atoms with Crippen molar-refractivity contribution in [1.29, 1.82) is 0 Å². The molecule has 0 aliphatic carbocycles. The summed E-state index contributed by atoms with van der Waals surface area (Å²) in [6.07, 6.45) is 5.78. The van der Waals surface area contributed by atoms with Crippen LogP contribution in [0.4, 0.5) is 4.39 Å². The number of benzene rings is 2. The number of aromatic nitrogens is 4. The largest absolute Gasteiger partial charge is 0.497 e. The van der Waals surface area contributed by atoms with Gasteiger partial charge < -0.3 is 4.74 Å². The van der Waals surface area contributed by atoms with E-state index in [0.29, 0.717) is 5.92 Å². The van der Waals surface area contributed by atoms with Crippen LogP contribution in [-0.2, 0) is 6.54 Å². The summed E-state index contributed by atoms with van der Waals surface area (Å²) in [5.41, 5.74) is 6.33. The molecule has 0 bridgehead atoms. The van der Waals surface area contributed by atoms with Gasteiger partial charge in [0.1, 0.15) is 11.6 Å². The lowest BCUT2D eigenvalue weighted by molar-refractivity contribution is 0.203. The quantitative estimate of drug-likeness (QED) is 0.451. The topological polar surface area (TPSA) is 69.8 Å². The molecule has 1 aliphatic heterocycles. The van der Waals surface area contributed by atoms with Crippen molar-refractivity contribution in [3.05, 3.63) is 78.0 Å². The Morgan fingerprint density at radius 2 is 1.78 bits per heavy atom. The van der Waals surface area contributed by atoms with E-state index in [0.717, 1.165) is 66.3 Å². The van der Waals surface area contributed by atoms with E-state index in [2.05, 4.69) is 25.3 Å². The van der Waals surface area contributed by atoms with Crippen LogP contribution in [0.25, 0.3) is 22.4 Å². The van der Waals surface area contributed by atoms with Gasteiger partial charge in [-0.15, -0.1) is 0 Å². The minimum atomic E-state index is -0.225. The van der Waals surface area contributed by atoms with E-state index in [1.165, 1.54) is 11.6 Å². The number of ether oxygens (including phenoxy) is 1. The van der Waals surface area contributed by atoms with Crippen LogP contribution in [0.1, 0.15) is 30.0 Å². The number of hydrogen-bond donors (Lipinski definition) is 2. The Morgan fingerprint density at radius 1 is 1.00 bits per heavy atom. The Hall–Kier alpha value is -3.45. The van der Waals surface area contributed by atoms with Crippen LogP contribution in [0.5, 0.6) is 5.75 Å². The monoisotopic (exact) mass is 431 g/mol. The maximum Gasteiger partial charge on any atom is 0.123 e. The Morgan fingerprint density at radius 3 is 2.53 bits per heavy atom. The summed E-state index contributed by atoms with van der Waals surface area (Å²) in [5.74, 6) is 1.00. The van der Waals surface area contributed by atoms with Gasteiger partial charge in [-0.3, -0.25) is 15.1 Å². The van der Waals surface area contributed by atoms with Crippen LogP contribution >= 0.6 is 0 Å². The van der Waals surface area contributed by atoms with Crippen LogP contribution < -0.4 is 4.74 Å². The van der Waals surface area contributed by atoms with Gasteiger partial charge in [-0.05, 0) is 67.9 Å². The first kappa shape index (κ1) is 20.5. The molecule has 7 heteroatoms. The number of hydrogen-bond acceptors (Lipinski definition) is 4. The molecular formula is C25H26FN5O. The molecule has 4 aromatic rings. The van der Waals surface area contributed by atoms with Crippen LogP contribution in [0.15, 0.2) is 60.9 Å². The van der Waals surface area contributed by atoms with Crippen LogP contribution in [0.2, 0.25) is 0 Å². The van der Waals surface area contributed by atoms with Gasteiger partial charge in [-0.2, -0.15) is 10.2 Å². The van der Waals surface area contributed by atoms with Crippen molar-refractivity contribution in [3.8, 4) is 28.1 Å². The van der Waals surface area contributed by atoms with Crippen LogP contribution in [0, 0.1) is 5.82 Å². The normalized spacial score (nSPS) is 15.2. The zero-order chi connectivity index (χ0) is 21.9. The molecule has 2 aromatic carbocycles. The van der Waals surface area contributed by atoms with Crippen molar-refractivity contribution in [1.82, 2.24) is 25.3 Å². The van der Waals surface area contributed by atoms with E-state index in [-0.39, 0.29) is 5.82 Å². The lowest BCUT2D eigenvalue weighted by Gasteiger charge is -2.31. The van der Waals surface area contributed by atoms with Gasteiger partial charge in [0, 0.05) is 34.8 Å². The lowest BCUT2D eigenvalue weighted by atomic mass is 9.89. The van der Waals surface area contributed by atoms with Crippen molar-refractivity contribution in [2.75, 3.05) is 20.2 Å². The first-order valence-electron chi connectivity index (χ1n) is 10.9. The smallest absolute Gasteiger partial charge is 0.123 e. The van der Waals surface area contributed by atoms with Crippen molar-refractivity contribution < 1.29 is 9.13 Å². The second-order valence-electron chi connectivity index (χ2n) is 8.26. The standard InChI is InChI=1S/C25H26FN5O/c1-32-22-7-5-17(6-8-22)24-20(14-27-29-24)16-31-11-9-18(10-12-31)25-23(15-28-30-25)19-3-2-4-21(26)13-19/h2-8,13-15,18H,9-12,16H2,1H3,(H,27,29)(H,28,30). The molecule has 2 aromatic heterocycles. The molecule has 1 aliphatic rings. The fraction of sp³-hybridized carbons (Fsp3) is 0.280. The molecule has 164 valence electrons. The average molecular weight is 432 g/mol. The van der Waals surface area contributed by atoms with Crippen LogP contribution in [-0.4, -0.2) is 45.5 Å². The van der Waals surface area contributed by atoms with Crippen molar-refractivity contribution >= 4 is 0 Å². The highest BCUT2D eigenvalue weighted by Gasteiger charge is 2.25. The molecule has 0 saturated carbocycles. The number of halogens is 1. The predicted molar refractivity (Wildman–Crippen MR) is 122 cm³/mol. The van der Waals surface area contributed by atoms with Gasteiger partial charge in [0.05, 0.1) is 25.2 Å². The molecular weight excluding hydrogens is 405 g/mol. The highest BCUT2D eigenvalue weighted by Crippen LogP contribution is 2.35. The lowest BCUT2D eigenvalue weighted by Crippen LogP contribution is -2.32. The molecule has 1 fully saturated rings. The van der Waals surface area contributed by atoms with E-state index in [4.69, 9.17) is 4.74 Å². The summed E-state index contributed by atoms with van der Waals surface area (Å²) in [4.78, 5) is 2.46. The van der Waals surface area contributed by atoms with Crippen LogP contribution in [0.3, 0.4) is 0 Å². The summed E-state index contributed by atoms with van der Waals surface area (Å²) in [6, 6.07) is 14.8. The summed E-state index contributed by atoms with van der Waals surface area (Å²) >= 11 is 0. The van der Waals surface area contributed by atoms with Crippen molar-refractivity contribution in [2.45, 2.75) is 25.3 Å². The molecule has 3 heterocycles. The zero-order valence-corrected chi connectivity index (χ0v) is 18.0. The number of aromatic amines is 2. The van der Waals surface area contributed by atoms with Gasteiger partial charge in [-0.1, -0.05) is 12.1 Å². The molecule has 0 spiro atoms. The van der Waals surface area contributed by atoms with E-state index < -0.39 is 0 Å². The van der Waals surface area contributed by atoms with Gasteiger partial charge in [0.15, 0.2) is 0 Å². The number of nitrogens with one attached hydrogen (secondary N) is 2.